The summed E-state index contributed by atoms with van der Waals surface area (Å²) in [7, 11) is 3.78. The number of benzene rings is 2. The lowest BCUT2D eigenvalue weighted by atomic mass is 10.1. The maximum atomic E-state index is 5.57. The first-order chi connectivity index (χ1) is 9.13. The van der Waals surface area contributed by atoms with Crippen molar-refractivity contribution in [3.8, 4) is 5.75 Å². The Morgan fingerprint density at radius 1 is 1.11 bits per heavy atom. The van der Waals surface area contributed by atoms with Gasteiger partial charge in [0.05, 0.1) is 7.11 Å². The van der Waals surface area contributed by atoms with Gasteiger partial charge in [-0.1, -0.05) is 12.1 Å². The number of nitrogens with zero attached hydrogens (tertiary/aromatic N) is 2. The third kappa shape index (κ3) is 1.65. The fraction of sp³-hybridized carbons (Fsp3) is 0.250. The summed E-state index contributed by atoms with van der Waals surface area (Å²) >= 11 is 0. The van der Waals surface area contributed by atoms with Crippen molar-refractivity contribution in [3.05, 3.63) is 41.5 Å². The molecule has 2 aromatic carbocycles. The molecule has 0 spiro atoms. The fourth-order valence-electron chi connectivity index (χ4n) is 2.56. The Morgan fingerprint density at radius 3 is 2.58 bits per heavy atom. The maximum Gasteiger partial charge on any atom is 0.235 e. The van der Waals surface area contributed by atoms with E-state index in [-0.39, 0.29) is 0 Å². The molecule has 0 fully saturated rings. The topological polar surface area (TPSA) is 26.0 Å². The van der Waals surface area contributed by atoms with Gasteiger partial charge in [0.25, 0.3) is 0 Å². The third-order valence-corrected chi connectivity index (χ3v) is 3.78. The summed E-state index contributed by atoms with van der Waals surface area (Å²) < 4.78 is 7.74. The van der Waals surface area contributed by atoms with Gasteiger partial charge in [-0.25, -0.2) is 4.98 Å². The van der Waals surface area contributed by atoms with Crippen LogP contribution in [0.15, 0.2) is 30.3 Å². The van der Waals surface area contributed by atoms with Crippen molar-refractivity contribution in [1.29, 1.82) is 0 Å². The smallest absolute Gasteiger partial charge is 0.235 e. The molecular formula is C16H17N2O+. The van der Waals surface area contributed by atoms with E-state index >= 15 is 0 Å². The quantitative estimate of drug-likeness (QED) is 0.492. The van der Waals surface area contributed by atoms with Crippen LogP contribution in [0, 0.1) is 13.8 Å². The first kappa shape index (κ1) is 11.9. The van der Waals surface area contributed by atoms with Crippen LogP contribution in [0.4, 0.5) is 0 Å². The summed E-state index contributed by atoms with van der Waals surface area (Å²) in [5.41, 5.74) is 6.50. The molecule has 0 unspecified atom stereocenters. The van der Waals surface area contributed by atoms with E-state index < -0.39 is 0 Å². The summed E-state index contributed by atoms with van der Waals surface area (Å²) in [5, 5.41) is 0. The lowest BCUT2D eigenvalue weighted by molar-refractivity contribution is -0.618. The SMILES string of the molecule is COc1c(C)c(C)cc2c1nc1ccccc1[n+]2C. The minimum absolute atomic E-state index is 0.872. The summed E-state index contributed by atoms with van der Waals surface area (Å²) in [6, 6.07) is 10.3. The van der Waals surface area contributed by atoms with Gasteiger partial charge in [-0.05, 0) is 31.0 Å². The highest BCUT2D eigenvalue weighted by molar-refractivity contribution is 5.87. The maximum absolute atomic E-state index is 5.57. The summed E-state index contributed by atoms with van der Waals surface area (Å²) in [5.74, 6) is 0.872. The second kappa shape index (κ2) is 4.19. The lowest BCUT2D eigenvalue weighted by Crippen LogP contribution is -2.31. The molecule has 0 N–H and O–H groups in total. The largest absolute Gasteiger partial charge is 0.494 e. The molecule has 3 heteroatoms. The molecule has 3 rings (SSSR count). The summed E-state index contributed by atoms with van der Waals surface area (Å²) in [4.78, 5) is 4.77. The molecule has 0 amide bonds. The number of fused-ring (bicyclic) bond motifs is 2. The highest BCUT2D eigenvalue weighted by atomic mass is 16.5. The molecule has 0 aliphatic rings. The average molecular weight is 253 g/mol. The van der Waals surface area contributed by atoms with Crippen molar-refractivity contribution >= 4 is 22.1 Å². The van der Waals surface area contributed by atoms with Gasteiger partial charge >= 0.3 is 0 Å². The zero-order valence-corrected chi connectivity index (χ0v) is 11.7. The van der Waals surface area contributed by atoms with Crippen molar-refractivity contribution < 1.29 is 9.30 Å². The van der Waals surface area contributed by atoms with Crippen LogP contribution >= 0.6 is 0 Å². The van der Waals surface area contributed by atoms with Gasteiger partial charge in [0.2, 0.25) is 11.0 Å². The van der Waals surface area contributed by atoms with Crippen molar-refractivity contribution in [2.75, 3.05) is 7.11 Å². The van der Waals surface area contributed by atoms with E-state index in [1.807, 2.05) is 18.2 Å². The van der Waals surface area contributed by atoms with Crippen molar-refractivity contribution in [2.24, 2.45) is 7.05 Å². The number of para-hydroxylation sites is 2. The van der Waals surface area contributed by atoms with Gasteiger partial charge in [-0.3, -0.25) is 0 Å². The highest BCUT2D eigenvalue weighted by Gasteiger charge is 2.19. The van der Waals surface area contributed by atoms with Gasteiger partial charge in [0.15, 0.2) is 11.3 Å². The van der Waals surface area contributed by atoms with E-state index in [0.29, 0.717) is 0 Å². The van der Waals surface area contributed by atoms with Crippen molar-refractivity contribution in [1.82, 2.24) is 4.98 Å². The van der Waals surface area contributed by atoms with Crippen LogP contribution < -0.4 is 9.30 Å². The number of ether oxygens (including phenoxy) is 1. The Morgan fingerprint density at radius 2 is 1.84 bits per heavy atom. The molecule has 1 aromatic heterocycles. The monoisotopic (exact) mass is 253 g/mol. The lowest BCUT2D eigenvalue weighted by Gasteiger charge is -2.10. The molecule has 0 atom stereocenters. The third-order valence-electron chi connectivity index (χ3n) is 3.78. The van der Waals surface area contributed by atoms with Crippen molar-refractivity contribution in [2.45, 2.75) is 13.8 Å². The van der Waals surface area contributed by atoms with Gasteiger partial charge in [-0.15, -0.1) is 0 Å². The summed E-state index contributed by atoms with van der Waals surface area (Å²) in [6.07, 6.45) is 0. The Balaban J connectivity index is 2.58. The van der Waals surface area contributed by atoms with Gasteiger partial charge in [-0.2, -0.15) is 4.57 Å². The molecule has 0 aliphatic heterocycles. The number of aromatic nitrogens is 2. The molecule has 0 saturated heterocycles. The predicted molar refractivity (Wildman–Crippen MR) is 76.5 cm³/mol. The minimum atomic E-state index is 0.872. The van der Waals surface area contributed by atoms with Crippen LogP contribution in [0.3, 0.4) is 0 Å². The van der Waals surface area contributed by atoms with E-state index in [2.05, 4.69) is 37.6 Å². The number of hydrogen-bond acceptors (Lipinski definition) is 2. The molecule has 96 valence electrons. The van der Waals surface area contributed by atoms with Crippen LogP contribution in [-0.2, 0) is 7.05 Å². The number of hydrogen-bond donors (Lipinski definition) is 0. The molecule has 0 saturated carbocycles. The van der Waals surface area contributed by atoms with E-state index in [4.69, 9.17) is 9.72 Å². The van der Waals surface area contributed by atoms with Gasteiger partial charge in [0.1, 0.15) is 12.6 Å². The van der Waals surface area contributed by atoms with Gasteiger partial charge < -0.3 is 4.74 Å². The first-order valence-electron chi connectivity index (χ1n) is 6.36. The highest BCUT2D eigenvalue weighted by Crippen LogP contribution is 2.29. The number of rotatable bonds is 1. The minimum Gasteiger partial charge on any atom is -0.494 e. The molecule has 0 aliphatic carbocycles. The van der Waals surface area contributed by atoms with Crippen LogP contribution in [0.25, 0.3) is 22.1 Å². The van der Waals surface area contributed by atoms with E-state index in [9.17, 15) is 0 Å². The molecule has 0 radical (unpaired) electrons. The Kier molecular flexibility index (Phi) is 2.63. The second-order valence-electron chi connectivity index (χ2n) is 4.88. The number of methoxy groups -OCH3 is 1. The van der Waals surface area contributed by atoms with Crippen molar-refractivity contribution in [3.63, 3.8) is 0 Å². The fourth-order valence-corrected chi connectivity index (χ4v) is 2.56. The standard InChI is InChI=1S/C16H17N2O/c1-10-9-14-15(16(19-4)11(10)2)17-12-7-5-6-8-13(12)18(14)3/h5-9H,1-4H3/q+1. The van der Waals surface area contributed by atoms with Gasteiger partial charge in [0, 0.05) is 12.1 Å². The van der Waals surface area contributed by atoms with E-state index in [1.54, 1.807) is 7.11 Å². The van der Waals surface area contributed by atoms with Crippen LogP contribution in [0.2, 0.25) is 0 Å². The second-order valence-corrected chi connectivity index (χ2v) is 4.88. The average Bonchev–Trinajstić information content (AvgIpc) is 2.42. The Hall–Kier alpha value is -2.16. The molecule has 3 aromatic rings. The molecule has 0 bridgehead atoms. The molecule has 1 heterocycles. The molecule has 3 nitrogen and oxygen atoms in total. The zero-order chi connectivity index (χ0) is 13.6. The molecule has 19 heavy (non-hydrogen) atoms. The summed E-state index contributed by atoms with van der Waals surface area (Å²) in [6.45, 7) is 4.18. The first-order valence-corrected chi connectivity index (χ1v) is 6.36. The van der Waals surface area contributed by atoms with Crippen LogP contribution in [0.1, 0.15) is 11.1 Å². The molecular weight excluding hydrogens is 236 g/mol. The Bertz CT molecular complexity index is 794. The van der Waals surface area contributed by atoms with Crippen LogP contribution in [0.5, 0.6) is 5.75 Å². The number of aryl methyl sites for hydroxylation is 2. The van der Waals surface area contributed by atoms with E-state index in [1.165, 1.54) is 5.56 Å². The normalized spacial score (nSPS) is 11.2. The zero-order valence-electron chi connectivity index (χ0n) is 11.7. The Labute approximate surface area is 112 Å². The van der Waals surface area contributed by atoms with Crippen LogP contribution in [-0.4, -0.2) is 12.1 Å². The van der Waals surface area contributed by atoms with E-state index in [0.717, 1.165) is 33.4 Å². The predicted octanol–water partition coefficient (Wildman–Crippen LogP) is 2.84.